The Morgan fingerprint density at radius 2 is 2.35 bits per heavy atom. The van der Waals surface area contributed by atoms with Gasteiger partial charge in [0.25, 0.3) is 0 Å². The molecule has 1 unspecified atom stereocenters. The maximum Gasteiger partial charge on any atom is 0.170 e. The van der Waals surface area contributed by atoms with Crippen LogP contribution in [0.5, 0.6) is 5.75 Å². The summed E-state index contributed by atoms with van der Waals surface area (Å²) in [4.78, 5) is 11.8. The van der Waals surface area contributed by atoms with Crippen LogP contribution in [-0.2, 0) is 0 Å². The largest absolute Gasteiger partial charge is 0.489 e. The van der Waals surface area contributed by atoms with E-state index in [-0.39, 0.29) is 17.7 Å². The van der Waals surface area contributed by atoms with Crippen molar-refractivity contribution < 1.29 is 13.9 Å². The molecule has 0 saturated heterocycles. The van der Waals surface area contributed by atoms with E-state index in [4.69, 9.17) is 4.74 Å². The smallest absolute Gasteiger partial charge is 0.170 e. The van der Waals surface area contributed by atoms with Gasteiger partial charge in [0.1, 0.15) is 17.7 Å². The second kappa shape index (κ2) is 5.54. The zero-order valence-corrected chi connectivity index (χ0v) is 10.6. The van der Waals surface area contributed by atoms with Gasteiger partial charge in [0.05, 0.1) is 5.56 Å². The van der Waals surface area contributed by atoms with Crippen LogP contribution in [0.2, 0.25) is 0 Å². The maximum atomic E-state index is 13.1. The molecule has 0 N–H and O–H groups in total. The van der Waals surface area contributed by atoms with Gasteiger partial charge in [-0.2, -0.15) is 11.8 Å². The third kappa shape index (κ3) is 3.00. The molecular weight excluding hydrogens is 239 g/mol. The second-order valence-corrected chi connectivity index (χ2v) is 5.13. The lowest BCUT2D eigenvalue weighted by atomic mass is 9.98. The number of hydrogen-bond acceptors (Lipinski definition) is 3. The Balaban J connectivity index is 2.06. The number of benzene rings is 1. The molecule has 17 heavy (non-hydrogen) atoms. The number of ketones is 1. The molecule has 1 aliphatic heterocycles. The van der Waals surface area contributed by atoms with Crippen LogP contribution in [0.1, 0.15) is 29.6 Å². The molecule has 4 heteroatoms. The number of carbonyl (C=O) groups is 1. The summed E-state index contributed by atoms with van der Waals surface area (Å²) in [6.45, 7) is 0. The molecule has 0 aliphatic carbocycles. The van der Waals surface area contributed by atoms with E-state index in [1.165, 1.54) is 18.2 Å². The van der Waals surface area contributed by atoms with Crippen LogP contribution >= 0.6 is 11.8 Å². The highest BCUT2D eigenvalue weighted by atomic mass is 32.2. The first kappa shape index (κ1) is 12.4. The number of carbonyl (C=O) groups excluding carboxylic acids is 1. The molecule has 0 bridgehead atoms. The first-order chi connectivity index (χ1) is 8.20. The minimum absolute atomic E-state index is 0.0559. The predicted octanol–water partition coefficient (Wildman–Crippen LogP) is 3.30. The number of thioether (sulfide) groups is 1. The van der Waals surface area contributed by atoms with E-state index in [0.717, 1.165) is 18.6 Å². The molecule has 0 radical (unpaired) electrons. The van der Waals surface area contributed by atoms with Crippen LogP contribution in [0.25, 0.3) is 0 Å². The van der Waals surface area contributed by atoms with Gasteiger partial charge in [-0.3, -0.25) is 4.79 Å². The van der Waals surface area contributed by atoms with Gasteiger partial charge in [0.15, 0.2) is 5.78 Å². The fraction of sp³-hybridized carbons (Fsp3) is 0.462. The SMILES string of the molecule is CSCCCC1CC(=O)c2ccc(F)cc2O1. The normalized spacial score (nSPS) is 18.7. The zero-order chi connectivity index (χ0) is 12.3. The van der Waals surface area contributed by atoms with Gasteiger partial charge < -0.3 is 4.74 Å². The van der Waals surface area contributed by atoms with E-state index in [0.29, 0.717) is 17.7 Å². The van der Waals surface area contributed by atoms with E-state index in [2.05, 4.69) is 6.26 Å². The molecule has 1 aromatic rings. The standard InChI is InChI=1S/C13H15FO2S/c1-17-6-2-3-10-8-12(15)11-5-4-9(14)7-13(11)16-10/h4-5,7,10H,2-3,6,8H2,1H3. The summed E-state index contributed by atoms with van der Waals surface area (Å²) in [6, 6.07) is 4.10. The summed E-state index contributed by atoms with van der Waals surface area (Å²) < 4.78 is 18.7. The molecular formula is C13H15FO2S. The average Bonchev–Trinajstić information content (AvgIpc) is 2.28. The third-order valence-corrected chi connectivity index (χ3v) is 3.52. The topological polar surface area (TPSA) is 26.3 Å². The van der Waals surface area contributed by atoms with Crippen LogP contribution in [0.15, 0.2) is 18.2 Å². The molecule has 0 saturated carbocycles. The Kier molecular flexibility index (Phi) is 4.05. The van der Waals surface area contributed by atoms with Crippen molar-refractivity contribution in [2.45, 2.75) is 25.4 Å². The number of hydrogen-bond donors (Lipinski definition) is 0. The summed E-state index contributed by atoms with van der Waals surface area (Å²) in [5, 5.41) is 0. The molecule has 0 amide bonds. The molecule has 1 aliphatic rings. The first-order valence-electron chi connectivity index (χ1n) is 5.69. The summed E-state index contributed by atoms with van der Waals surface area (Å²) >= 11 is 1.78. The quantitative estimate of drug-likeness (QED) is 0.771. The van der Waals surface area contributed by atoms with Gasteiger partial charge in [0, 0.05) is 12.5 Å². The Hall–Kier alpha value is -1.03. The fourth-order valence-corrected chi connectivity index (χ4v) is 2.43. The van der Waals surface area contributed by atoms with Crippen molar-refractivity contribution in [3.05, 3.63) is 29.6 Å². The zero-order valence-electron chi connectivity index (χ0n) is 9.74. The van der Waals surface area contributed by atoms with Gasteiger partial charge in [-0.1, -0.05) is 0 Å². The summed E-state index contributed by atoms with van der Waals surface area (Å²) in [7, 11) is 0. The average molecular weight is 254 g/mol. The highest BCUT2D eigenvalue weighted by Gasteiger charge is 2.26. The Morgan fingerprint density at radius 1 is 1.53 bits per heavy atom. The van der Waals surface area contributed by atoms with Gasteiger partial charge in [0.2, 0.25) is 0 Å². The number of ether oxygens (including phenoxy) is 1. The summed E-state index contributed by atoms with van der Waals surface area (Å²) in [6.07, 6.45) is 4.24. The van der Waals surface area contributed by atoms with Crippen molar-refractivity contribution in [1.82, 2.24) is 0 Å². The monoisotopic (exact) mass is 254 g/mol. The molecule has 92 valence electrons. The van der Waals surface area contributed by atoms with Crippen LogP contribution in [0.3, 0.4) is 0 Å². The van der Waals surface area contributed by atoms with Gasteiger partial charge in [-0.15, -0.1) is 0 Å². The molecule has 1 heterocycles. The lowest BCUT2D eigenvalue weighted by Crippen LogP contribution is -2.27. The van der Waals surface area contributed by atoms with E-state index in [1.807, 2.05) is 0 Å². The van der Waals surface area contributed by atoms with E-state index in [9.17, 15) is 9.18 Å². The minimum atomic E-state index is -0.360. The molecule has 0 spiro atoms. The molecule has 0 fully saturated rings. The van der Waals surface area contributed by atoms with Crippen LogP contribution < -0.4 is 4.74 Å². The predicted molar refractivity (Wildman–Crippen MR) is 67.4 cm³/mol. The highest BCUT2D eigenvalue weighted by Crippen LogP contribution is 2.29. The van der Waals surface area contributed by atoms with Crippen LogP contribution in [0, 0.1) is 5.82 Å². The second-order valence-electron chi connectivity index (χ2n) is 4.14. The molecule has 2 nitrogen and oxygen atoms in total. The molecule has 1 aromatic carbocycles. The number of Topliss-reactive ketones (excluding diaryl/α,β-unsaturated/α-hetero) is 1. The van der Waals surface area contributed by atoms with Crippen LogP contribution in [0.4, 0.5) is 4.39 Å². The van der Waals surface area contributed by atoms with E-state index in [1.54, 1.807) is 11.8 Å². The van der Waals surface area contributed by atoms with Crippen molar-refractivity contribution in [1.29, 1.82) is 0 Å². The van der Waals surface area contributed by atoms with Gasteiger partial charge in [-0.05, 0) is 37.0 Å². The minimum Gasteiger partial charge on any atom is -0.489 e. The van der Waals surface area contributed by atoms with Crippen molar-refractivity contribution in [3.63, 3.8) is 0 Å². The third-order valence-electron chi connectivity index (χ3n) is 2.83. The molecule has 2 rings (SSSR count). The first-order valence-corrected chi connectivity index (χ1v) is 7.08. The van der Waals surface area contributed by atoms with Crippen molar-refractivity contribution in [3.8, 4) is 5.75 Å². The van der Waals surface area contributed by atoms with Crippen LogP contribution in [-0.4, -0.2) is 23.9 Å². The lowest BCUT2D eigenvalue weighted by Gasteiger charge is -2.25. The van der Waals surface area contributed by atoms with Crippen molar-refractivity contribution in [2.24, 2.45) is 0 Å². The lowest BCUT2D eigenvalue weighted by molar-refractivity contribution is 0.0837. The number of halogens is 1. The summed E-state index contributed by atoms with van der Waals surface area (Å²) in [5.41, 5.74) is 0.507. The van der Waals surface area contributed by atoms with Gasteiger partial charge >= 0.3 is 0 Å². The van der Waals surface area contributed by atoms with Crippen molar-refractivity contribution in [2.75, 3.05) is 12.0 Å². The Bertz CT molecular complexity index is 420. The molecule has 1 atom stereocenters. The molecule has 0 aromatic heterocycles. The van der Waals surface area contributed by atoms with Crippen molar-refractivity contribution >= 4 is 17.5 Å². The number of rotatable bonds is 4. The Morgan fingerprint density at radius 3 is 3.12 bits per heavy atom. The highest BCUT2D eigenvalue weighted by molar-refractivity contribution is 7.98. The Labute approximate surface area is 105 Å². The van der Waals surface area contributed by atoms with E-state index >= 15 is 0 Å². The maximum absolute atomic E-state index is 13.1. The van der Waals surface area contributed by atoms with E-state index < -0.39 is 0 Å². The number of fused-ring (bicyclic) bond motifs is 1. The fourth-order valence-electron chi connectivity index (χ4n) is 1.98. The van der Waals surface area contributed by atoms with Gasteiger partial charge in [-0.25, -0.2) is 4.39 Å². The summed E-state index contributed by atoms with van der Waals surface area (Å²) in [5.74, 6) is 1.15.